The van der Waals surface area contributed by atoms with E-state index in [1.54, 1.807) is 30.3 Å². The molecular formula is C23H24ClN3O4. The molecule has 2 aromatic rings. The van der Waals surface area contributed by atoms with E-state index in [2.05, 4.69) is 10.6 Å². The summed E-state index contributed by atoms with van der Waals surface area (Å²) in [6.07, 6.45) is 3.37. The van der Waals surface area contributed by atoms with Crippen molar-refractivity contribution in [1.29, 1.82) is 0 Å². The van der Waals surface area contributed by atoms with Gasteiger partial charge >= 0.3 is 6.03 Å². The number of carbonyl (C=O) groups is 3. The molecule has 1 saturated heterocycles. The third-order valence-corrected chi connectivity index (χ3v) is 6.22. The van der Waals surface area contributed by atoms with Crippen LogP contribution in [-0.2, 0) is 9.59 Å². The number of rotatable bonds is 5. The quantitative estimate of drug-likeness (QED) is 0.665. The number of nitrogens with zero attached hydrogens (tertiary/aromatic N) is 1. The van der Waals surface area contributed by atoms with Gasteiger partial charge in [-0.05, 0) is 49.1 Å². The predicted octanol–water partition coefficient (Wildman–Crippen LogP) is 4.57. The van der Waals surface area contributed by atoms with Gasteiger partial charge in [-0.2, -0.15) is 0 Å². The summed E-state index contributed by atoms with van der Waals surface area (Å²) < 4.78 is 5.85. The van der Waals surface area contributed by atoms with Crippen LogP contribution in [0.1, 0.15) is 32.6 Å². The van der Waals surface area contributed by atoms with E-state index in [0.717, 1.165) is 24.2 Å². The minimum atomic E-state index is -0.896. The number of nitrogens with one attached hydrogen (secondary N) is 2. The smallest absolute Gasteiger partial charge is 0.325 e. The van der Waals surface area contributed by atoms with Gasteiger partial charge in [0.25, 0.3) is 5.91 Å². The Morgan fingerprint density at radius 1 is 1.23 bits per heavy atom. The van der Waals surface area contributed by atoms with Gasteiger partial charge in [-0.3, -0.25) is 14.5 Å². The van der Waals surface area contributed by atoms with Crippen molar-refractivity contribution in [3.8, 4) is 11.5 Å². The van der Waals surface area contributed by atoms with Crippen molar-refractivity contribution in [2.75, 3.05) is 11.9 Å². The van der Waals surface area contributed by atoms with Gasteiger partial charge in [0.2, 0.25) is 5.91 Å². The lowest BCUT2D eigenvalue weighted by Crippen LogP contribution is -2.54. The molecule has 31 heavy (non-hydrogen) atoms. The van der Waals surface area contributed by atoms with Crippen molar-refractivity contribution in [2.24, 2.45) is 5.92 Å². The fourth-order valence-corrected chi connectivity index (χ4v) is 4.45. The molecule has 1 aliphatic heterocycles. The molecule has 1 heterocycles. The molecule has 0 radical (unpaired) electrons. The van der Waals surface area contributed by atoms with Crippen LogP contribution in [-0.4, -0.2) is 34.8 Å². The Morgan fingerprint density at radius 3 is 2.74 bits per heavy atom. The number of imide groups is 1. The maximum Gasteiger partial charge on any atom is 0.325 e. The Balaban J connectivity index is 1.48. The molecule has 0 unspecified atom stereocenters. The predicted molar refractivity (Wildman–Crippen MR) is 117 cm³/mol. The summed E-state index contributed by atoms with van der Waals surface area (Å²) in [4.78, 5) is 39.3. The van der Waals surface area contributed by atoms with Crippen LogP contribution in [0.5, 0.6) is 11.5 Å². The Morgan fingerprint density at radius 2 is 2.00 bits per heavy atom. The monoisotopic (exact) mass is 441 g/mol. The fraction of sp³-hybridized carbons (Fsp3) is 0.348. The summed E-state index contributed by atoms with van der Waals surface area (Å²) in [5.41, 5.74) is -0.540. The Labute approximate surface area is 185 Å². The molecule has 2 atom stereocenters. The highest BCUT2D eigenvalue weighted by atomic mass is 35.5. The van der Waals surface area contributed by atoms with Crippen molar-refractivity contribution >= 4 is 35.1 Å². The number of hydrogen-bond donors (Lipinski definition) is 2. The summed E-state index contributed by atoms with van der Waals surface area (Å²) >= 11 is 6.10. The zero-order chi connectivity index (χ0) is 22.0. The van der Waals surface area contributed by atoms with Crippen LogP contribution in [0.4, 0.5) is 10.5 Å². The molecule has 4 rings (SSSR count). The number of ether oxygens (including phenoxy) is 1. The maximum absolute atomic E-state index is 13.1. The lowest BCUT2D eigenvalue weighted by atomic mass is 9.73. The summed E-state index contributed by atoms with van der Waals surface area (Å²) in [6.45, 7) is 1.59. The van der Waals surface area contributed by atoms with Crippen molar-refractivity contribution in [3.05, 3.63) is 53.6 Å². The highest BCUT2D eigenvalue weighted by Gasteiger charge is 2.55. The van der Waals surface area contributed by atoms with Crippen LogP contribution in [0, 0.1) is 5.92 Å². The van der Waals surface area contributed by atoms with E-state index in [0.29, 0.717) is 28.6 Å². The number of hydrogen-bond acceptors (Lipinski definition) is 4. The third kappa shape index (κ3) is 4.23. The molecule has 2 N–H and O–H groups in total. The molecule has 4 amide bonds. The molecule has 0 bridgehead atoms. The first-order valence-electron chi connectivity index (χ1n) is 10.4. The second-order valence-electron chi connectivity index (χ2n) is 8.04. The van der Waals surface area contributed by atoms with E-state index in [4.69, 9.17) is 16.3 Å². The average Bonchev–Trinajstić information content (AvgIpc) is 2.98. The Hall–Kier alpha value is -3.06. The van der Waals surface area contributed by atoms with Gasteiger partial charge in [-0.1, -0.05) is 49.6 Å². The van der Waals surface area contributed by atoms with Gasteiger partial charge in [0, 0.05) is 5.02 Å². The van der Waals surface area contributed by atoms with Gasteiger partial charge in [0.15, 0.2) is 5.75 Å². The lowest BCUT2D eigenvalue weighted by molar-refractivity contribution is -0.136. The van der Waals surface area contributed by atoms with Gasteiger partial charge in [0.1, 0.15) is 17.8 Å². The molecule has 2 fully saturated rings. The van der Waals surface area contributed by atoms with E-state index < -0.39 is 17.5 Å². The van der Waals surface area contributed by atoms with Crippen molar-refractivity contribution in [3.63, 3.8) is 0 Å². The normalized spacial score (nSPS) is 23.0. The lowest BCUT2D eigenvalue weighted by Gasteiger charge is -2.36. The van der Waals surface area contributed by atoms with E-state index in [1.165, 1.54) is 0 Å². The summed E-state index contributed by atoms with van der Waals surface area (Å²) in [5, 5.41) is 5.99. The van der Waals surface area contributed by atoms with Crippen molar-refractivity contribution < 1.29 is 19.1 Å². The zero-order valence-corrected chi connectivity index (χ0v) is 17.9. The minimum absolute atomic E-state index is 0.0320. The number of para-hydroxylation sites is 1. The van der Waals surface area contributed by atoms with Crippen molar-refractivity contribution in [1.82, 2.24) is 10.2 Å². The number of halogens is 1. The molecule has 2 aromatic carbocycles. The van der Waals surface area contributed by atoms with E-state index in [-0.39, 0.29) is 18.4 Å². The Bertz CT molecular complexity index is 1010. The van der Waals surface area contributed by atoms with Crippen molar-refractivity contribution in [2.45, 2.75) is 38.1 Å². The third-order valence-electron chi connectivity index (χ3n) is 5.99. The standard InChI is InChI=1S/C23H24ClN3O4/c1-15-7-5-6-12-23(15)21(29)27(22(30)26-23)14-20(28)25-18-13-16(24)10-11-19(18)31-17-8-3-2-4-9-17/h2-4,8-11,13,15H,5-7,12,14H2,1H3,(H,25,28)(H,26,30)/t15-,23-/m1/s1. The zero-order valence-electron chi connectivity index (χ0n) is 17.2. The molecule has 1 saturated carbocycles. The molecule has 162 valence electrons. The second-order valence-corrected chi connectivity index (χ2v) is 8.48. The highest BCUT2D eigenvalue weighted by Crippen LogP contribution is 2.38. The molecule has 0 aromatic heterocycles. The average molecular weight is 442 g/mol. The van der Waals surface area contributed by atoms with Gasteiger partial charge < -0.3 is 15.4 Å². The molecule has 8 heteroatoms. The van der Waals surface area contributed by atoms with Crippen LogP contribution in [0.3, 0.4) is 0 Å². The van der Waals surface area contributed by atoms with Crippen LogP contribution < -0.4 is 15.4 Å². The molecular weight excluding hydrogens is 418 g/mol. The van der Waals surface area contributed by atoms with Gasteiger partial charge in [0.05, 0.1) is 5.69 Å². The molecule has 1 spiro atoms. The largest absolute Gasteiger partial charge is 0.455 e. The summed E-state index contributed by atoms with van der Waals surface area (Å²) in [6, 6.07) is 13.5. The summed E-state index contributed by atoms with van der Waals surface area (Å²) in [5.74, 6) is 0.196. The number of benzene rings is 2. The van der Waals surface area contributed by atoms with Crippen LogP contribution in [0.2, 0.25) is 5.02 Å². The number of urea groups is 1. The Kier molecular flexibility index (Phi) is 5.87. The molecule has 2 aliphatic rings. The van der Waals surface area contributed by atoms with Gasteiger partial charge in [-0.25, -0.2) is 4.79 Å². The van der Waals surface area contributed by atoms with Crippen LogP contribution >= 0.6 is 11.6 Å². The first-order chi connectivity index (χ1) is 14.9. The van der Waals surface area contributed by atoms with Crippen LogP contribution in [0.25, 0.3) is 0 Å². The van der Waals surface area contributed by atoms with Crippen LogP contribution in [0.15, 0.2) is 48.5 Å². The fourth-order valence-electron chi connectivity index (χ4n) is 4.28. The van der Waals surface area contributed by atoms with E-state index >= 15 is 0 Å². The minimum Gasteiger partial charge on any atom is -0.455 e. The van der Waals surface area contributed by atoms with E-state index in [9.17, 15) is 14.4 Å². The SMILES string of the molecule is C[C@@H]1CCCC[C@@]12NC(=O)N(CC(=O)Nc1cc(Cl)ccc1Oc1ccccc1)C2=O. The molecule has 7 nitrogen and oxygen atoms in total. The van der Waals surface area contributed by atoms with E-state index in [1.807, 2.05) is 25.1 Å². The highest BCUT2D eigenvalue weighted by molar-refractivity contribution is 6.31. The molecule has 1 aliphatic carbocycles. The topological polar surface area (TPSA) is 87.7 Å². The number of amides is 4. The number of carbonyl (C=O) groups excluding carboxylic acids is 3. The van der Waals surface area contributed by atoms with Gasteiger partial charge in [-0.15, -0.1) is 0 Å². The summed E-state index contributed by atoms with van der Waals surface area (Å²) in [7, 11) is 0. The second kappa shape index (κ2) is 8.59. The maximum atomic E-state index is 13.1. The first kappa shape index (κ1) is 21.2. The number of anilines is 1. The first-order valence-corrected chi connectivity index (χ1v) is 10.7.